The van der Waals surface area contributed by atoms with E-state index in [-0.39, 0.29) is 29.2 Å². The average molecular weight is 432 g/mol. The lowest BCUT2D eigenvalue weighted by atomic mass is 9.75. The molecule has 1 amide bonds. The highest BCUT2D eigenvalue weighted by atomic mass is 16.6. The van der Waals surface area contributed by atoms with Gasteiger partial charge in [0.05, 0.1) is 0 Å². The fourth-order valence-corrected chi connectivity index (χ4v) is 5.39. The molecule has 31 heavy (non-hydrogen) atoms. The van der Waals surface area contributed by atoms with Crippen LogP contribution < -0.4 is 0 Å². The van der Waals surface area contributed by atoms with E-state index >= 15 is 0 Å². The van der Waals surface area contributed by atoms with Crippen molar-refractivity contribution < 1.29 is 24.5 Å². The summed E-state index contributed by atoms with van der Waals surface area (Å²) in [6, 6.07) is 0. The van der Waals surface area contributed by atoms with Gasteiger partial charge in [0, 0.05) is 25.6 Å². The minimum atomic E-state index is -1.53. The van der Waals surface area contributed by atoms with Gasteiger partial charge in [0.15, 0.2) is 6.10 Å². The number of phenols is 1. The molecule has 0 aromatic heterocycles. The summed E-state index contributed by atoms with van der Waals surface area (Å²) in [7, 11) is 0. The minimum absolute atomic E-state index is 0.00343. The number of aromatic hydroxyl groups is 1. The second-order valence-electron chi connectivity index (χ2n) is 9.86. The molecule has 3 rings (SSSR count). The number of nitrogens with zero attached hydrogens (tertiary/aromatic N) is 1. The van der Waals surface area contributed by atoms with E-state index in [0.29, 0.717) is 42.5 Å². The van der Waals surface area contributed by atoms with E-state index in [1.165, 1.54) is 6.92 Å². The fraction of sp³-hybridized carbons (Fsp3) is 0.680. The first-order chi connectivity index (χ1) is 14.5. The molecule has 1 aromatic carbocycles. The highest BCUT2D eigenvalue weighted by Gasteiger charge is 2.37. The number of fused-ring (bicyclic) bond motifs is 1. The van der Waals surface area contributed by atoms with Crippen molar-refractivity contribution >= 4 is 11.9 Å². The molecule has 2 aliphatic rings. The molecule has 0 unspecified atom stereocenters. The van der Waals surface area contributed by atoms with Crippen LogP contribution in [0.3, 0.4) is 0 Å². The summed E-state index contributed by atoms with van der Waals surface area (Å²) < 4.78 is 5.84. The van der Waals surface area contributed by atoms with Crippen molar-refractivity contribution in [2.45, 2.75) is 86.0 Å². The molecule has 4 atom stereocenters. The van der Waals surface area contributed by atoms with Gasteiger partial charge in [-0.15, -0.1) is 0 Å². The monoisotopic (exact) mass is 431 g/mol. The first kappa shape index (κ1) is 23.6. The van der Waals surface area contributed by atoms with Crippen LogP contribution in [0, 0.1) is 31.6 Å². The van der Waals surface area contributed by atoms with Gasteiger partial charge in [0.25, 0.3) is 0 Å². The molecule has 1 aliphatic carbocycles. The third-order valence-electron chi connectivity index (χ3n) is 7.44. The van der Waals surface area contributed by atoms with E-state index in [1.807, 2.05) is 6.92 Å². The van der Waals surface area contributed by atoms with Crippen LogP contribution in [0.5, 0.6) is 5.75 Å². The molecule has 6 nitrogen and oxygen atoms in total. The Labute approximate surface area is 185 Å². The first-order valence-corrected chi connectivity index (χ1v) is 11.5. The number of benzene rings is 1. The van der Waals surface area contributed by atoms with Gasteiger partial charge in [-0.1, -0.05) is 27.2 Å². The molecule has 172 valence electrons. The van der Waals surface area contributed by atoms with Crippen molar-refractivity contribution in [1.82, 2.24) is 4.90 Å². The molecule has 2 N–H and O–H groups in total. The smallest absolute Gasteiger partial charge is 0.340 e. The zero-order valence-electron chi connectivity index (χ0n) is 19.7. The number of carbonyl (C=O) groups is 2. The Morgan fingerprint density at radius 2 is 1.81 bits per heavy atom. The number of ether oxygens (including phenoxy) is 1. The third-order valence-corrected chi connectivity index (χ3v) is 7.44. The maximum atomic E-state index is 13.0. The molecule has 0 saturated heterocycles. The number of hydrogen-bond acceptors (Lipinski definition) is 5. The number of aliphatic hydroxyl groups is 1. The van der Waals surface area contributed by atoms with Gasteiger partial charge in [0.1, 0.15) is 11.9 Å². The summed E-state index contributed by atoms with van der Waals surface area (Å²) in [6.45, 7) is 12.6. The number of aliphatic hydroxyl groups excluding tert-OH is 1. The Bertz CT molecular complexity index is 862. The van der Waals surface area contributed by atoms with E-state index in [4.69, 9.17) is 4.74 Å². The summed E-state index contributed by atoms with van der Waals surface area (Å²) in [5.41, 5.74) is 3.47. The van der Waals surface area contributed by atoms with Crippen LogP contribution in [-0.4, -0.2) is 39.6 Å². The van der Waals surface area contributed by atoms with Gasteiger partial charge in [0.2, 0.25) is 5.91 Å². The molecular weight excluding hydrogens is 394 g/mol. The molecule has 6 heteroatoms. The predicted octanol–water partition coefficient (Wildman–Crippen LogP) is 3.95. The summed E-state index contributed by atoms with van der Waals surface area (Å²) in [6.07, 6.45) is 1.83. The lowest BCUT2D eigenvalue weighted by Crippen LogP contribution is -2.37. The number of esters is 1. The molecular formula is C25H37NO5. The number of carbonyl (C=O) groups excluding carboxylic acids is 2. The topological polar surface area (TPSA) is 87.1 Å². The van der Waals surface area contributed by atoms with Crippen LogP contribution in [0.1, 0.15) is 80.9 Å². The van der Waals surface area contributed by atoms with Gasteiger partial charge in [-0.3, -0.25) is 4.79 Å². The molecule has 0 spiro atoms. The summed E-state index contributed by atoms with van der Waals surface area (Å²) in [5, 5.41) is 21.8. The number of amides is 1. The number of hydrogen-bond donors (Lipinski definition) is 2. The zero-order valence-corrected chi connectivity index (χ0v) is 19.7. The summed E-state index contributed by atoms with van der Waals surface area (Å²) >= 11 is 0. The molecule has 1 aromatic rings. The highest BCUT2D eigenvalue weighted by molar-refractivity contribution is 5.79. The van der Waals surface area contributed by atoms with Crippen LogP contribution >= 0.6 is 0 Å². The Kier molecular flexibility index (Phi) is 6.99. The van der Waals surface area contributed by atoms with Crippen LogP contribution in [0.25, 0.3) is 0 Å². The zero-order chi connectivity index (χ0) is 23.0. The van der Waals surface area contributed by atoms with E-state index in [2.05, 4.69) is 20.8 Å². The molecule has 1 fully saturated rings. The summed E-state index contributed by atoms with van der Waals surface area (Å²) in [4.78, 5) is 26.5. The van der Waals surface area contributed by atoms with Crippen molar-refractivity contribution in [3.05, 3.63) is 27.8 Å². The first-order valence-electron chi connectivity index (χ1n) is 11.5. The largest absolute Gasteiger partial charge is 0.507 e. The van der Waals surface area contributed by atoms with Gasteiger partial charge in [-0.05, 0) is 73.1 Å². The van der Waals surface area contributed by atoms with E-state index in [0.717, 1.165) is 30.4 Å². The van der Waals surface area contributed by atoms with Crippen LogP contribution in [0.2, 0.25) is 0 Å². The molecule has 1 heterocycles. The SMILES string of the molecule is CC(=O)N1CCc2c(C)c([C@H](O)C(=O)O[C@@H]3C[C@H](C)CC[C@H]3C(C)C)c(O)c(C)c2C1. The Morgan fingerprint density at radius 3 is 2.42 bits per heavy atom. The number of phenolic OH excluding ortho intramolecular Hbond substituents is 1. The third kappa shape index (κ3) is 4.59. The van der Waals surface area contributed by atoms with Gasteiger partial charge < -0.3 is 19.8 Å². The lowest BCUT2D eigenvalue weighted by molar-refractivity contribution is -0.166. The van der Waals surface area contributed by atoms with Gasteiger partial charge in [-0.25, -0.2) is 4.79 Å². The quantitative estimate of drug-likeness (QED) is 0.705. The maximum Gasteiger partial charge on any atom is 0.340 e. The van der Waals surface area contributed by atoms with Crippen LogP contribution in [0.4, 0.5) is 0 Å². The molecule has 1 saturated carbocycles. The second kappa shape index (κ2) is 9.19. The minimum Gasteiger partial charge on any atom is -0.507 e. The maximum absolute atomic E-state index is 13.0. The molecule has 0 radical (unpaired) electrons. The average Bonchev–Trinajstić information content (AvgIpc) is 2.71. The predicted molar refractivity (Wildman–Crippen MR) is 119 cm³/mol. The van der Waals surface area contributed by atoms with E-state index in [1.54, 1.807) is 11.8 Å². The van der Waals surface area contributed by atoms with Gasteiger partial charge >= 0.3 is 5.97 Å². The van der Waals surface area contributed by atoms with Crippen molar-refractivity contribution in [3.8, 4) is 5.75 Å². The molecule has 1 aliphatic heterocycles. The van der Waals surface area contributed by atoms with Gasteiger partial charge in [-0.2, -0.15) is 0 Å². The van der Waals surface area contributed by atoms with Crippen molar-refractivity contribution in [1.29, 1.82) is 0 Å². The van der Waals surface area contributed by atoms with E-state index in [9.17, 15) is 19.8 Å². The van der Waals surface area contributed by atoms with E-state index < -0.39 is 12.1 Å². The Balaban J connectivity index is 1.88. The fourth-order valence-electron chi connectivity index (χ4n) is 5.39. The lowest BCUT2D eigenvalue weighted by Gasteiger charge is -2.37. The Morgan fingerprint density at radius 1 is 1.13 bits per heavy atom. The van der Waals surface area contributed by atoms with Crippen molar-refractivity contribution in [2.75, 3.05) is 6.54 Å². The second-order valence-corrected chi connectivity index (χ2v) is 9.86. The van der Waals surface area contributed by atoms with Crippen LogP contribution in [-0.2, 0) is 27.3 Å². The van der Waals surface area contributed by atoms with Crippen molar-refractivity contribution in [3.63, 3.8) is 0 Å². The molecule has 0 bridgehead atoms. The number of rotatable bonds is 4. The normalized spacial score (nSPS) is 24.6. The Hall–Kier alpha value is -2.08. The highest BCUT2D eigenvalue weighted by Crippen LogP contribution is 2.40. The summed E-state index contributed by atoms with van der Waals surface area (Å²) in [5.74, 6) is 0.386. The van der Waals surface area contributed by atoms with Crippen LogP contribution in [0.15, 0.2) is 0 Å². The van der Waals surface area contributed by atoms with Crippen molar-refractivity contribution in [2.24, 2.45) is 17.8 Å². The standard InChI is InChI=1S/C25H37NO5/c1-13(2)18-8-7-14(3)11-21(18)31-25(30)24(29)22-15(4)19-9-10-26(17(6)27)12-20(19)16(5)23(22)28/h13-14,18,21,24,28-29H,7-12H2,1-6H3/t14-,18+,21-,24+/m1/s1.